The van der Waals surface area contributed by atoms with E-state index >= 15 is 0 Å². The first kappa shape index (κ1) is 17.7. The second-order valence-electron chi connectivity index (χ2n) is 5.47. The number of nitriles is 1. The van der Waals surface area contributed by atoms with E-state index in [-0.39, 0.29) is 4.84 Å². The molecule has 26 heavy (non-hydrogen) atoms. The van der Waals surface area contributed by atoms with Crippen molar-refractivity contribution in [3.8, 4) is 29.0 Å². The maximum Gasteiger partial charge on any atom is 0.287 e. The molecular formula is C19H17N3O3S. The molecular weight excluding hydrogens is 350 g/mol. The Kier molecular flexibility index (Phi) is 5.66. The van der Waals surface area contributed by atoms with Crippen LogP contribution in [-0.4, -0.2) is 16.9 Å². The molecule has 3 aromatic rings. The Morgan fingerprint density at radius 2 is 2.00 bits per heavy atom. The Morgan fingerprint density at radius 1 is 1.19 bits per heavy atom. The van der Waals surface area contributed by atoms with E-state index in [1.807, 2.05) is 48.5 Å². The van der Waals surface area contributed by atoms with Gasteiger partial charge in [-0.2, -0.15) is 5.26 Å². The SMILES string of the molecule is COc1cccc(COc2ccc(-c3nn(CCC#N)c(=S)o3)cc2)c1. The van der Waals surface area contributed by atoms with Crippen molar-refractivity contribution in [1.29, 1.82) is 5.26 Å². The lowest BCUT2D eigenvalue weighted by atomic mass is 10.2. The van der Waals surface area contributed by atoms with Crippen LogP contribution in [0.3, 0.4) is 0 Å². The summed E-state index contributed by atoms with van der Waals surface area (Å²) in [5.41, 5.74) is 1.82. The van der Waals surface area contributed by atoms with Crippen LogP contribution in [-0.2, 0) is 13.2 Å². The number of rotatable bonds is 7. The average molecular weight is 367 g/mol. The molecule has 6 nitrogen and oxygen atoms in total. The lowest BCUT2D eigenvalue weighted by molar-refractivity contribution is 0.305. The van der Waals surface area contributed by atoms with Crippen LogP contribution in [0.5, 0.6) is 11.5 Å². The van der Waals surface area contributed by atoms with Gasteiger partial charge in [0.25, 0.3) is 4.84 Å². The second kappa shape index (κ2) is 8.32. The van der Waals surface area contributed by atoms with E-state index in [9.17, 15) is 0 Å². The average Bonchev–Trinajstić information content (AvgIpc) is 3.06. The van der Waals surface area contributed by atoms with Crippen LogP contribution in [0.1, 0.15) is 12.0 Å². The van der Waals surface area contributed by atoms with Crippen LogP contribution >= 0.6 is 12.2 Å². The molecule has 2 aromatic carbocycles. The third-order valence-electron chi connectivity index (χ3n) is 3.68. The van der Waals surface area contributed by atoms with Gasteiger partial charge in [-0.15, -0.1) is 5.10 Å². The highest BCUT2D eigenvalue weighted by Gasteiger charge is 2.08. The van der Waals surface area contributed by atoms with Gasteiger partial charge in [-0.3, -0.25) is 0 Å². The number of aromatic nitrogens is 2. The van der Waals surface area contributed by atoms with E-state index in [1.165, 1.54) is 4.68 Å². The van der Waals surface area contributed by atoms with Crippen molar-refractivity contribution in [2.45, 2.75) is 19.6 Å². The van der Waals surface area contributed by atoms with Gasteiger partial charge in [0.15, 0.2) is 0 Å². The first-order chi connectivity index (χ1) is 12.7. The standard InChI is InChI=1S/C19H17N3O3S/c1-23-17-5-2-4-14(12-17)13-24-16-8-6-15(7-9-16)18-21-22(11-3-10-20)19(26)25-18/h2,4-9,12H,3,11,13H2,1H3. The largest absolute Gasteiger partial charge is 0.497 e. The lowest BCUT2D eigenvalue weighted by Gasteiger charge is -2.08. The zero-order valence-electron chi connectivity index (χ0n) is 14.2. The van der Waals surface area contributed by atoms with Crippen LogP contribution in [0.4, 0.5) is 0 Å². The minimum Gasteiger partial charge on any atom is -0.497 e. The van der Waals surface area contributed by atoms with Crippen molar-refractivity contribution < 1.29 is 13.9 Å². The molecule has 0 radical (unpaired) electrons. The monoisotopic (exact) mass is 367 g/mol. The molecule has 0 bridgehead atoms. The van der Waals surface area contributed by atoms with Crippen molar-refractivity contribution in [1.82, 2.24) is 9.78 Å². The Bertz CT molecular complexity index is 971. The molecule has 1 aromatic heterocycles. The van der Waals surface area contributed by atoms with Crippen molar-refractivity contribution >= 4 is 12.2 Å². The van der Waals surface area contributed by atoms with Crippen LogP contribution < -0.4 is 9.47 Å². The molecule has 0 atom stereocenters. The smallest absolute Gasteiger partial charge is 0.287 e. The third kappa shape index (κ3) is 4.29. The first-order valence-electron chi connectivity index (χ1n) is 8.00. The van der Waals surface area contributed by atoms with Crippen molar-refractivity contribution in [2.75, 3.05) is 7.11 Å². The summed E-state index contributed by atoms with van der Waals surface area (Å²) in [6.07, 6.45) is 0.331. The van der Waals surface area contributed by atoms with Crippen LogP contribution in [0.2, 0.25) is 0 Å². The van der Waals surface area contributed by atoms with Crippen LogP contribution in [0.15, 0.2) is 52.9 Å². The number of hydrogen-bond donors (Lipinski definition) is 0. The molecule has 0 fully saturated rings. The van der Waals surface area contributed by atoms with Gasteiger partial charge >= 0.3 is 0 Å². The molecule has 0 unspecified atom stereocenters. The highest BCUT2D eigenvalue weighted by atomic mass is 32.1. The summed E-state index contributed by atoms with van der Waals surface area (Å²) in [6, 6.07) is 17.2. The van der Waals surface area contributed by atoms with E-state index in [2.05, 4.69) is 11.2 Å². The summed E-state index contributed by atoms with van der Waals surface area (Å²) >= 11 is 5.12. The number of benzene rings is 2. The topological polar surface area (TPSA) is 73.2 Å². The molecule has 0 amide bonds. The number of nitrogens with zero attached hydrogens (tertiary/aromatic N) is 3. The molecule has 0 aliphatic carbocycles. The molecule has 132 valence electrons. The Hall–Kier alpha value is -3.11. The lowest BCUT2D eigenvalue weighted by Crippen LogP contribution is -1.99. The molecule has 0 N–H and O–H groups in total. The summed E-state index contributed by atoms with van der Waals surface area (Å²) in [5.74, 6) is 1.96. The molecule has 1 heterocycles. The van der Waals surface area contributed by atoms with Crippen LogP contribution in [0.25, 0.3) is 11.5 Å². The van der Waals surface area contributed by atoms with Gasteiger partial charge in [-0.1, -0.05) is 12.1 Å². The molecule has 0 saturated carbocycles. The highest BCUT2D eigenvalue weighted by Crippen LogP contribution is 2.22. The maximum atomic E-state index is 8.66. The Morgan fingerprint density at radius 3 is 2.73 bits per heavy atom. The predicted molar refractivity (Wildman–Crippen MR) is 98.3 cm³/mol. The molecule has 0 spiro atoms. The predicted octanol–water partition coefficient (Wildman–Crippen LogP) is 4.37. The van der Waals surface area contributed by atoms with Crippen molar-refractivity contribution in [3.63, 3.8) is 0 Å². The number of aryl methyl sites for hydroxylation is 1. The fourth-order valence-electron chi connectivity index (χ4n) is 2.34. The summed E-state index contributed by atoms with van der Waals surface area (Å²) in [6.45, 7) is 0.862. The Balaban J connectivity index is 1.67. The summed E-state index contributed by atoms with van der Waals surface area (Å²) in [4.78, 5) is 0.258. The third-order valence-corrected chi connectivity index (χ3v) is 3.98. The second-order valence-corrected chi connectivity index (χ2v) is 5.82. The summed E-state index contributed by atoms with van der Waals surface area (Å²) in [5, 5.41) is 13.0. The molecule has 0 aliphatic heterocycles. The van der Waals surface area contributed by atoms with Crippen molar-refractivity contribution in [3.05, 3.63) is 58.9 Å². The Labute approximate surface area is 156 Å². The zero-order chi connectivity index (χ0) is 18.4. The van der Waals surface area contributed by atoms with Gasteiger partial charge in [-0.25, -0.2) is 4.68 Å². The molecule has 7 heteroatoms. The van der Waals surface area contributed by atoms with Gasteiger partial charge in [0.05, 0.1) is 26.1 Å². The normalized spacial score (nSPS) is 10.3. The van der Waals surface area contributed by atoms with Crippen LogP contribution in [0, 0.1) is 16.2 Å². The van der Waals surface area contributed by atoms with E-state index in [0.29, 0.717) is 25.5 Å². The fraction of sp³-hybridized carbons (Fsp3) is 0.211. The maximum absolute atomic E-state index is 8.66. The zero-order valence-corrected chi connectivity index (χ0v) is 15.0. The minimum atomic E-state index is 0.258. The first-order valence-corrected chi connectivity index (χ1v) is 8.41. The number of ether oxygens (including phenoxy) is 2. The molecule has 3 rings (SSSR count). The van der Waals surface area contributed by atoms with E-state index < -0.39 is 0 Å². The quantitative estimate of drug-likeness (QED) is 0.577. The molecule has 0 saturated heterocycles. The highest BCUT2D eigenvalue weighted by molar-refractivity contribution is 7.71. The van der Waals surface area contributed by atoms with Gasteiger partial charge in [0.1, 0.15) is 18.1 Å². The van der Waals surface area contributed by atoms with E-state index in [1.54, 1.807) is 7.11 Å². The minimum absolute atomic E-state index is 0.258. The number of hydrogen-bond acceptors (Lipinski definition) is 6. The van der Waals surface area contributed by atoms with Crippen molar-refractivity contribution in [2.24, 2.45) is 0 Å². The summed E-state index contributed by atoms with van der Waals surface area (Å²) < 4.78 is 18.0. The van der Waals surface area contributed by atoms with Gasteiger partial charge in [0, 0.05) is 5.56 Å². The van der Waals surface area contributed by atoms with E-state index in [4.69, 9.17) is 31.4 Å². The van der Waals surface area contributed by atoms with Gasteiger partial charge in [0.2, 0.25) is 5.89 Å². The summed E-state index contributed by atoms with van der Waals surface area (Å²) in [7, 11) is 1.64. The van der Waals surface area contributed by atoms with Gasteiger partial charge < -0.3 is 13.9 Å². The fourth-order valence-corrected chi connectivity index (χ4v) is 2.55. The number of methoxy groups -OCH3 is 1. The van der Waals surface area contributed by atoms with E-state index in [0.717, 1.165) is 22.6 Å². The van der Waals surface area contributed by atoms with Gasteiger partial charge in [-0.05, 0) is 54.2 Å². The molecule has 0 aliphatic rings.